The Morgan fingerprint density at radius 2 is 2.07 bits per heavy atom. The number of thiophene rings is 1. The molecule has 0 aliphatic heterocycles. The Hall–Kier alpha value is -0.870. The topological polar surface area (TPSA) is 41.1 Å². The van der Waals surface area contributed by atoms with Gasteiger partial charge in [0.15, 0.2) is 0 Å². The normalized spacial score (nSPS) is 14.7. The lowest BCUT2D eigenvalue weighted by Crippen LogP contribution is -2.41. The standard InChI is InChI=1S/C11H18N2OS/c1-7-5-6-10(15-7)8(2)13-9(3)11(14)12-4/h5-6,8-9,13H,1-4H3,(H,12,14)/t8?,9-/m1/s1. The van der Waals surface area contributed by atoms with E-state index in [2.05, 4.69) is 36.6 Å². The Kier molecular flexibility index (Phi) is 4.29. The van der Waals surface area contributed by atoms with Crippen LogP contribution in [-0.4, -0.2) is 19.0 Å². The van der Waals surface area contributed by atoms with Crippen LogP contribution in [-0.2, 0) is 4.79 Å². The Labute approximate surface area is 94.9 Å². The molecule has 0 saturated heterocycles. The number of hydrogen-bond donors (Lipinski definition) is 2. The van der Waals surface area contributed by atoms with E-state index in [1.165, 1.54) is 9.75 Å². The molecule has 1 rings (SSSR count). The summed E-state index contributed by atoms with van der Waals surface area (Å²) in [7, 11) is 1.65. The van der Waals surface area contributed by atoms with Crippen molar-refractivity contribution in [1.82, 2.24) is 10.6 Å². The lowest BCUT2D eigenvalue weighted by molar-refractivity contribution is -0.122. The summed E-state index contributed by atoms with van der Waals surface area (Å²) in [6.07, 6.45) is 0. The van der Waals surface area contributed by atoms with E-state index in [0.717, 1.165) is 0 Å². The molecule has 3 nitrogen and oxygen atoms in total. The molecule has 0 fully saturated rings. The molecular weight excluding hydrogens is 208 g/mol. The average molecular weight is 226 g/mol. The maximum atomic E-state index is 11.3. The molecule has 0 spiro atoms. The van der Waals surface area contributed by atoms with Crippen molar-refractivity contribution in [2.75, 3.05) is 7.05 Å². The zero-order valence-electron chi connectivity index (χ0n) is 9.63. The predicted octanol–water partition coefficient (Wildman–Crippen LogP) is 1.84. The van der Waals surface area contributed by atoms with E-state index in [1.54, 1.807) is 18.4 Å². The highest BCUT2D eigenvalue weighted by Crippen LogP contribution is 2.22. The molecule has 0 aliphatic carbocycles. The summed E-state index contributed by atoms with van der Waals surface area (Å²) in [5.74, 6) is 0.0233. The van der Waals surface area contributed by atoms with Crippen LogP contribution in [0.25, 0.3) is 0 Å². The minimum atomic E-state index is -0.160. The van der Waals surface area contributed by atoms with Crippen molar-refractivity contribution >= 4 is 17.2 Å². The van der Waals surface area contributed by atoms with Gasteiger partial charge in [0, 0.05) is 22.8 Å². The second-order valence-electron chi connectivity index (χ2n) is 3.67. The van der Waals surface area contributed by atoms with Crippen molar-refractivity contribution in [1.29, 1.82) is 0 Å². The van der Waals surface area contributed by atoms with E-state index in [-0.39, 0.29) is 18.0 Å². The van der Waals surface area contributed by atoms with Gasteiger partial charge in [0.05, 0.1) is 6.04 Å². The number of likely N-dealkylation sites (N-methyl/N-ethyl adjacent to an activating group) is 1. The maximum absolute atomic E-state index is 11.3. The Morgan fingerprint density at radius 3 is 2.53 bits per heavy atom. The van der Waals surface area contributed by atoms with Crippen LogP contribution >= 0.6 is 11.3 Å². The van der Waals surface area contributed by atoms with E-state index in [4.69, 9.17) is 0 Å². The number of amides is 1. The van der Waals surface area contributed by atoms with Gasteiger partial charge in [-0.05, 0) is 32.9 Å². The van der Waals surface area contributed by atoms with Crippen molar-refractivity contribution in [3.05, 3.63) is 21.9 Å². The van der Waals surface area contributed by atoms with Gasteiger partial charge in [0.1, 0.15) is 0 Å². The van der Waals surface area contributed by atoms with Crippen LogP contribution in [0.3, 0.4) is 0 Å². The van der Waals surface area contributed by atoms with Gasteiger partial charge in [0.25, 0.3) is 0 Å². The molecule has 84 valence electrons. The van der Waals surface area contributed by atoms with Crippen molar-refractivity contribution in [2.24, 2.45) is 0 Å². The number of rotatable bonds is 4. The number of aryl methyl sites for hydroxylation is 1. The number of carbonyl (C=O) groups is 1. The van der Waals surface area contributed by atoms with Crippen LogP contribution < -0.4 is 10.6 Å². The van der Waals surface area contributed by atoms with Gasteiger partial charge in [-0.15, -0.1) is 11.3 Å². The molecular formula is C11H18N2OS. The monoisotopic (exact) mass is 226 g/mol. The van der Waals surface area contributed by atoms with Crippen LogP contribution in [0.2, 0.25) is 0 Å². The molecule has 1 unspecified atom stereocenters. The molecule has 1 aromatic heterocycles. The van der Waals surface area contributed by atoms with Gasteiger partial charge >= 0.3 is 0 Å². The first kappa shape index (κ1) is 12.2. The lowest BCUT2D eigenvalue weighted by Gasteiger charge is -2.17. The molecule has 2 atom stereocenters. The first-order valence-corrected chi connectivity index (χ1v) is 5.90. The van der Waals surface area contributed by atoms with Crippen LogP contribution in [0.4, 0.5) is 0 Å². The highest BCUT2D eigenvalue weighted by atomic mass is 32.1. The molecule has 15 heavy (non-hydrogen) atoms. The molecule has 1 amide bonds. The lowest BCUT2D eigenvalue weighted by atomic mass is 10.2. The maximum Gasteiger partial charge on any atom is 0.236 e. The molecule has 0 bridgehead atoms. The van der Waals surface area contributed by atoms with Gasteiger partial charge in [-0.25, -0.2) is 0 Å². The van der Waals surface area contributed by atoms with Crippen LogP contribution in [0, 0.1) is 6.92 Å². The van der Waals surface area contributed by atoms with E-state index in [1.807, 2.05) is 6.92 Å². The molecule has 0 aromatic carbocycles. The second kappa shape index (κ2) is 5.28. The third-order valence-electron chi connectivity index (χ3n) is 2.33. The summed E-state index contributed by atoms with van der Waals surface area (Å²) >= 11 is 1.76. The Balaban J connectivity index is 2.55. The summed E-state index contributed by atoms with van der Waals surface area (Å²) in [5, 5.41) is 5.89. The number of hydrogen-bond acceptors (Lipinski definition) is 3. The van der Waals surface area contributed by atoms with Gasteiger partial charge in [-0.1, -0.05) is 0 Å². The van der Waals surface area contributed by atoms with E-state index >= 15 is 0 Å². The van der Waals surface area contributed by atoms with Gasteiger partial charge in [-0.2, -0.15) is 0 Å². The van der Waals surface area contributed by atoms with E-state index in [9.17, 15) is 4.79 Å². The SMILES string of the molecule is CNC(=O)[C@@H](C)NC(C)c1ccc(C)s1. The quantitative estimate of drug-likeness (QED) is 0.822. The minimum Gasteiger partial charge on any atom is -0.358 e. The van der Waals surface area contributed by atoms with Gasteiger partial charge in [0.2, 0.25) is 5.91 Å². The van der Waals surface area contributed by atoms with Gasteiger partial charge < -0.3 is 5.32 Å². The average Bonchev–Trinajstić information content (AvgIpc) is 2.63. The zero-order valence-corrected chi connectivity index (χ0v) is 10.4. The zero-order chi connectivity index (χ0) is 11.4. The predicted molar refractivity (Wildman–Crippen MR) is 64.1 cm³/mol. The minimum absolute atomic E-state index is 0.0233. The summed E-state index contributed by atoms with van der Waals surface area (Å²) in [4.78, 5) is 13.9. The molecule has 0 radical (unpaired) electrons. The summed E-state index contributed by atoms with van der Waals surface area (Å²) in [5.41, 5.74) is 0. The molecule has 0 saturated carbocycles. The first-order chi connectivity index (χ1) is 7.04. The first-order valence-electron chi connectivity index (χ1n) is 5.08. The third-order valence-corrected chi connectivity index (χ3v) is 3.51. The molecule has 1 heterocycles. The van der Waals surface area contributed by atoms with E-state index in [0.29, 0.717) is 0 Å². The highest BCUT2D eigenvalue weighted by Gasteiger charge is 2.15. The van der Waals surface area contributed by atoms with Gasteiger partial charge in [-0.3, -0.25) is 10.1 Å². The Morgan fingerprint density at radius 1 is 1.40 bits per heavy atom. The second-order valence-corrected chi connectivity index (χ2v) is 4.99. The number of carbonyl (C=O) groups excluding carboxylic acids is 1. The van der Waals surface area contributed by atoms with Crippen LogP contribution in [0.1, 0.15) is 29.6 Å². The molecule has 4 heteroatoms. The summed E-state index contributed by atoms with van der Waals surface area (Å²) in [6, 6.07) is 4.26. The van der Waals surface area contributed by atoms with Crippen LogP contribution in [0.15, 0.2) is 12.1 Å². The molecule has 1 aromatic rings. The fourth-order valence-corrected chi connectivity index (χ4v) is 2.32. The van der Waals surface area contributed by atoms with Crippen molar-refractivity contribution in [3.8, 4) is 0 Å². The van der Waals surface area contributed by atoms with Crippen molar-refractivity contribution in [2.45, 2.75) is 32.9 Å². The van der Waals surface area contributed by atoms with Crippen LogP contribution in [0.5, 0.6) is 0 Å². The smallest absolute Gasteiger partial charge is 0.236 e. The third kappa shape index (κ3) is 3.32. The summed E-state index contributed by atoms with van der Waals surface area (Å²) in [6.45, 7) is 6.03. The highest BCUT2D eigenvalue weighted by molar-refractivity contribution is 7.12. The number of nitrogens with one attached hydrogen (secondary N) is 2. The Bertz CT molecular complexity index is 335. The van der Waals surface area contributed by atoms with Crippen molar-refractivity contribution < 1.29 is 4.79 Å². The fourth-order valence-electron chi connectivity index (χ4n) is 1.44. The molecule has 0 aliphatic rings. The van der Waals surface area contributed by atoms with Crippen molar-refractivity contribution in [3.63, 3.8) is 0 Å². The summed E-state index contributed by atoms with van der Waals surface area (Å²) < 4.78 is 0. The molecule has 2 N–H and O–H groups in total. The fraction of sp³-hybridized carbons (Fsp3) is 0.545. The largest absolute Gasteiger partial charge is 0.358 e. The van der Waals surface area contributed by atoms with E-state index < -0.39 is 0 Å².